The van der Waals surface area contributed by atoms with Crippen LogP contribution in [0.3, 0.4) is 0 Å². The monoisotopic (exact) mass is 445 g/mol. The molecule has 1 heterocycles. The first-order valence-corrected chi connectivity index (χ1v) is 11.2. The van der Waals surface area contributed by atoms with Gasteiger partial charge in [0.25, 0.3) is 0 Å². The van der Waals surface area contributed by atoms with Crippen molar-refractivity contribution in [3.63, 3.8) is 0 Å². The maximum atomic E-state index is 13.4. The molecule has 172 valence electrons. The molecule has 32 heavy (non-hydrogen) atoms. The van der Waals surface area contributed by atoms with E-state index in [1.165, 1.54) is 0 Å². The molecule has 4 rings (SSSR count). The Labute approximate surface area is 187 Å². The topological polar surface area (TPSA) is 49.6 Å². The molecule has 1 aliphatic carbocycles. The number of nitrogens with two attached hydrogens (primary N) is 1. The van der Waals surface area contributed by atoms with Gasteiger partial charge in [-0.3, -0.25) is 9.69 Å². The molecule has 2 aromatic rings. The van der Waals surface area contributed by atoms with Crippen LogP contribution < -0.4 is 10.6 Å². The van der Waals surface area contributed by atoms with Crippen LogP contribution in [-0.4, -0.2) is 42.7 Å². The molecule has 0 aromatic heterocycles. The molecular weight excluding hydrogens is 415 g/mol. The summed E-state index contributed by atoms with van der Waals surface area (Å²) in [6, 6.07) is 13.7. The molecule has 0 spiro atoms. The van der Waals surface area contributed by atoms with Gasteiger partial charge in [0, 0.05) is 22.8 Å². The highest BCUT2D eigenvalue weighted by Gasteiger charge is 2.50. The Balaban J connectivity index is 1.59. The van der Waals surface area contributed by atoms with Crippen molar-refractivity contribution in [3.05, 3.63) is 59.7 Å². The fraction of sp³-hybridized carbons (Fsp3) is 0.480. The Morgan fingerprint density at radius 1 is 1.03 bits per heavy atom. The quantitative estimate of drug-likeness (QED) is 0.678. The first kappa shape index (κ1) is 22.8. The Morgan fingerprint density at radius 3 is 1.97 bits per heavy atom. The number of nitrogens with zero attached hydrogens (tertiary/aromatic N) is 2. The number of halogens is 3. The van der Waals surface area contributed by atoms with Crippen molar-refractivity contribution < 1.29 is 18.0 Å². The van der Waals surface area contributed by atoms with E-state index in [-0.39, 0.29) is 22.8 Å². The third-order valence-corrected chi connectivity index (χ3v) is 7.12. The molecular formula is C25H30F3N3O. The largest absolute Gasteiger partial charge is 0.472 e. The van der Waals surface area contributed by atoms with Crippen molar-refractivity contribution in [3.8, 4) is 0 Å². The second-order valence-corrected chi connectivity index (χ2v) is 9.24. The molecule has 2 aliphatic rings. The van der Waals surface area contributed by atoms with Gasteiger partial charge in [0.05, 0.1) is 0 Å². The van der Waals surface area contributed by atoms with Gasteiger partial charge in [0.2, 0.25) is 0 Å². The van der Waals surface area contributed by atoms with E-state index in [4.69, 9.17) is 5.73 Å². The molecule has 1 aliphatic heterocycles. The van der Waals surface area contributed by atoms with Crippen LogP contribution >= 0.6 is 0 Å². The molecule has 2 unspecified atom stereocenters. The fourth-order valence-electron chi connectivity index (χ4n) is 4.77. The number of carbonyl (C=O) groups is 1. The number of amides is 1. The van der Waals surface area contributed by atoms with Gasteiger partial charge in [-0.15, -0.1) is 0 Å². The van der Waals surface area contributed by atoms with Gasteiger partial charge in [0.15, 0.2) is 0 Å². The molecule has 2 atom stereocenters. The summed E-state index contributed by atoms with van der Waals surface area (Å²) in [5.74, 6) is -1.30. The summed E-state index contributed by atoms with van der Waals surface area (Å²) in [5, 5.41) is 0. The minimum Gasteiger partial charge on any atom is -0.325 e. The van der Waals surface area contributed by atoms with Gasteiger partial charge in [-0.2, -0.15) is 13.2 Å². The Morgan fingerprint density at radius 2 is 1.53 bits per heavy atom. The molecule has 1 amide bonds. The molecule has 2 N–H and O–H groups in total. The standard InChI is InChI=1S/C25H30F3N3O/c1-3-24(29)16-22(24)19-6-10-21(11-7-19)31(23(32)25(26,27)28)20-8-4-17(5-9-20)18-12-14-30(2)15-13-18/h4-11,18,22H,3,12-16,29H2,1-2H3. The van der Waals surface area contributed by atoms with Crippen molar-refractivity contribution in [1.82, 2.24) is 4.90 Å². The lowest BCUT2D eigenvalue weighted by molar-refractivity contribution is -0.169. The van der Waals surface area contributed by atoms with E-state index in [1.807, 2.05) is 19.1 Å². The SMILES string of the molecule is CCC1(N)CC1c1ccc(N(C(=O)C(F)(F)F)c2ccc(C3CCN(C)CC3)cc2)cc1. The zero-order chi connectivity index (χ0) is 23.1. The smallest absolute Gasteiger partial charge is 0.325 e. The van der Waals surface area contributed by atoms with Crippen LogP contribution in [0.1, 0.15) is 55.6 Å². The van der Waals surface area contributed by atoms with Gasteiger partial charge >= 0.3 is 12.1 Å². The van der Waals surface area contributed by atoms with Crippen LogP contribution in [0, 0.1) is 0 Å². The number of anilines is 2. The lowest BCUT2D eigenvalue weighted by atomic mass is 9.89. The second kappa shape index (κ2) is 8.52. The van der Waals surface area contributed by atoms with Gasteiger partial charge in [0.1, 0.15) is 0 Å². The summed E-state index contributed by atoms with van der Waals surface area (Å²) in [4.78, 5) is 15.4. The lowest BCUT2D eigenvalue weighted by Crippen LogP contribution is -2.38. The normalized spacial score (nSPS) is 24.4. The number of rotatable bonds is 5. The summed E-state index contributed by atoms with van der Waals surface area (Å²) >= 11 is 0. The summed E-state index contributed by atoms with van der Waals surface area (Å²) in [7, 11) is 2.09. The first-order chi connectivity index (χ1) is 15.1. The number of hydrogen-bond donors (Lipinski definition) is 1. The zero-order valence-corrected chi connectivity index (χ0v) is 18.5. The summed E-state index contributed by atoms with van der Waals surface area (Å²) in [6.45, 7) is 4.04. The average molecular weight is 446 g/mol. The second-order valence-electron chi connectivity index (χ2n) is 9.24. The predicted molar refractivity (Wildman–Crippen MR) is 120 cm³/mol. The average Bonchev–Trinajstić information content (AvgIpc) is 3.47. The van der Waals surface area contributed by atoms with Gasteiger partial charge in [-0.05, 0) is 87.1 Å². The number of alkyl halides is 3. The van der Waals surface area contributed by atoms with E-state index >= 15 is 0 Å². The van der Waals surface area contributed by atoms with Crippen LogP contribution in [0.15, 0.2) is 48.5 Å². The Hall–Kier alpha value is -2.38. The number of hydrogen-bond acceptors (Lipinski definition) is 3. The van der Waals surface area contributed by atoms with Crippen LogP contribution in [0.5, 0.6) is 0 Å². The van der Waals surface area contributed by atoms with Crippen LogP contribution in [0.2, 0.25) is 0 Å². The van der Waals surface area contributed by atoms with Crippen molar-refractivity contribution >= 4 is 17.3 Å². The van der Waals surface area contributed by atoms with Crippen molar-refractivity contribution in [1.29, 1.82) is 0 Å². The van der Waals surface area contributed by atoms with Gasteiger partial charge in [-0.25, -0.2) is 0 Å². The summed E-state index contributed by atoms with van der Waals surface area (Å²) < 4.78 is 40.3. The highest BCUT2D eigenvalue weighted by molar-refractivity contribution is 6.03. The molecule has 1 saturated heterocycles. The Bertz CT molecular complexity index is 950. The van der Waals surface area contributed by atoms with Gasteiger partial charge in [-0.1, -0.05) is 31.2 Å². The van der Waals surface area contributed by atoms with Crippen LogP contribution in [0.25, 0.3) is 0 Å². The van der Waals surface area contributed by atoms with E-state index in [2.05, 4.69) is 11.9 Å². The molecule has 0 radical (unpaired) electrons. The van der Waals surface area contributed by atoms with Crippen molar-refractivity contribution in [2.75, 3.05) is 25.0 Å². The van der Waals surface area contributed by atoms with Crippen LogP contribution in [-0.2, 0) is 4.79 Å². The molecule has 0 bridgehead atoms. The Kier molecular flexibility index (Phi) is 6.07. The lowest BCUT2D eigenvalue weighted by Gasteiger charge is -2.30. The van der Waals surface area contributed by atoms with E-state index in [0.29, 0.717) is 5.92 Å². The summed E-state index contributed by atoms with van der Waals surface area (Å²) in [5.41, 5.74) is 8.56. The zero-order valence-electron chi connectivity index (χ0n) is 18.5. The van der Waals surface area contributed by atoms with E-state index in [1.54, 1.807) is 36.4 Å². The number of benzene rings is 2. The predicted octanol–water partition coefficient (Wildman–Crippen LogP) is 5.32. The highest BCUT2D eigenvalue weighted by Crippen LogP contribution is 2.51. The van der Waals surface area contributed by atoms with Crippen molar-refractivity contribution in [2.45, 2.75) is 56.2 Å². The third kappa shape index (κ3) is 4.55. The van der Waals surface area contributed by atoms with E-state index in [9.17, 15) is 18.0 Å². The fourth-order valence-corrected chi connectivity index (χ4v) is 4.77. The maximum Gasteiger partial charge on any atom is 0.472 e. The summed E-state index contributed by atoms with van der Waals surface area (Å²) in [6.07, 6.45) is -1.22. The first-order valence-electron chi connectivity index (χ1n) is 11.2. The molecule has 2 fully saturated rings. The van der Waals surface area contributed by atoms with E-state index in [0.717, 1.165) is 54.8 Å². The number of likely N-dealkylation sites (tertiary alicyclic amines) is 1. The number of piperidine rings is 1. The third-order valence-electron chi connectivity index (χ3n) is 7.12. The van der Waals surface area contributed by atoms with E-state index < -0.39 is 12.1 Å². The minimum atomic E-state index is -4.98. The van der Waals surface area contributed by atoms with Gasteiger partial charge < -0.3 is 10.6 Å². The van der Waals surface area contributed by atoms with Crippen LogP contribution in [0.4, 0.5) is 24.5 Å². The molecule has 7 heteroatoms. The molecule has 1 saturated carbocycles. The van der Waals surface area contributed by atoms with Crippen molar-refractivity contribution in [2.24, 2.45) is 5.73 Å². The molecule has 4 nitrogen and oxygen atoms in total. The maximum absolute atomic E-state index is 13.4. The molecule has 2 aromatic carbocycles. The minimum absolute atomic E-state index is 0.197. The highest BCUT2D eigenvalue weighted by atomic mass is 19.4. The number of carbonyl (C=O) groups excluding carboxylic acids is 1.